The van der Waals surface area contributed by atoms with Crippen LogP contribution in [0.5, 0.6) is 0 Å². The molecule has 1 rings (SSSR count). The smallest absolute Gasteiger partial charge is 0.377 e. The minimum absolute atomic E-state index is 0.527. The summed E-state index contributed by atoms with van der Waals surface area (Å²) >= 11 is 0. The molecule has 0 aromatic heterocycles. The Hall–Kier alpha value is 0.0969. The van der Waals surface area contributed by atoms with Gasteiger partial charge in [-0.15, -0.1) is 0 Å². The van der Waals surface area contributed by atoms with E-state index < -0.39 is 8.80 Å². The first-order valence-electron chi connectivity index (χ1n) is 5.87. The van der Waals surface area contributed by atoms with Gasteiger partial charge in [-0.25, -0.2) is 0 Å². The van der Waals surface area contributed by atoms with Crippen molar-refractivity contribution in [3.8, 4) is 0 Å². The van der Waals surface area contributed by atoms with E-state index in [1.54, 1.807) is 21.3 Å². The zero-order chi connectivity index (χ0) is 11.3. The van der Waals surface area contributed by atoms with Gasteiger partial charge in [-0.3, -0.25) is 0 Å². The second-order valence-corrected chi connectivity index (χ2v) is 7.64. The fourth-order valence-electron chi connectivity index (χ4n) is 2.50. The quantitative estimate of drug-likeness (QED) is 0.632. The maximum atomic E-state index is 5.49. The van der Waals surface area contributed by atoms with Crippen molar-refractivity contribution < 1.29 is 13.3 Å². The Labute approximate surface area is 94.5 Å². The lowest BCUT2D eigenvalue weighted by Gasteiger charge is -2.42. The van der Waals surface area contributed by atoms with Crippen molar-refractivity contribution in [2.75, 3.05) is 21.3 Å². The van der Waals surface area contributed by atoms with E-state index in [2.05, 4.69) is 6.92 Å². The van der Waals surface area contributed by atoms with Crippen LogP contribution < -0.4 is 0 Å². The lowest BCUT2D eigenvalue weighted by Crippen LogP contribution is -2.51. The van der Waals surface area contributed by atoms with E-state index in [0.717, 1.165) is 5.92 Å². The number of unbranched alkanes of at least 4 members (excludes halogenated alkanes) is 1. The monoisotopic (exact) mass is 232 g/mol. The summed E-state index contributed by atoms with van der Waals surface area (Å²) in [6, 6.07) is 0. The molecule has 90 valence electrons. The Balaban J connectivity index is 2.34. The average molecular weight is 232 g/mol. The zero-order valence-electron chi connectivity index (χ0n) is 10.4. The minimum Gasteiger partial charge on any atom is -0.377 e. The number of rotatable bonds is 7. The molecule has 1 fully saturated rings. The molecule has 0 N–H and O–H groups in total. The van der Waals surface area contributed by atoms with Crippen LogP contribution >= 0.6 is 0 Å². The fourth-order valence-corrected chi connectivity index (χ4v) is 5.25. The van der Waals surface area contributed by atoms with Gasteiger partial charge in [0.15, 0.2) is 0 Å². The highest BCUT2D eigenvalue weighted by molar-refractivity contribution is 6.62. The molecule has 0 saturated heterocycles. The maximum Gasteiger partial charge on any atom is 0.503 e. The molecule has 0 radical (unpaired) electrons. The van der Waals surface area contributed by atoms with E-state index in [4.69, 9.17) is 13.3 Å². The average Bonchev–Trinajstić information content (AvgIpc) is 2.22. The molecule has 1 saturated carbocycles. The first kappa shape index (κ1) is 13.2. The third kappa shape index (κ3) is 2.81. The molecule has 0 aromatic rings. The van der Waals surface area contributed by atoms with Gasteiger partial charge in [-0.2, -0.15) is 0 Å². The summed E-state index contributed by atoms with van der Waals surface area (Å²) in [6.45, 7) is 2.24. The SMILES string of the molecule is CCCCC1CC([Si](OC)(OC)OC)C1. The van der Waals surface area contributed by atoms with Crippen molar-refractivity contribution in [2.24, 2.45) is 5.92 Å². The van der Waals surface area contributed by atoms with Crippen molar-refractivity contribution in [3.63, 3.8) is 0 Å². The fraction of sp³-hybridized carbons (Fsp3) is 1.00. The van der Waals surface area contributed by atoms with Crippen LogP contribution in [-0.4, -0.2) is 30.1 Å². The van der Waals surface area contributed by atoms with Crippen LogP contribution in [-0.2, 0) is 13.3 Å². The molecule has 3 nitrogen and oxygen atoms in total. The minimum atomic E-state index is -2.32. The Bertz CT molecular complexity index is 168. The molecule has 0 amide bonds. The molecule has 0 aromatic carbocycles. The van der Waals surface area contributed by atoms with E-state index in [1.165, 1.54) is 32.1 Å². The Morgan fingerprint density at radius 2 is 1.60 bits per heavy atom. The molecule has 15 heavy (non-hydrogen) atoms. The topological polar surface area (TPSA) is 27.7 Å². The molecule has 0 aliphatic heterocycles. The molecule has 0 heterocycles. The summed E-state index contributed by atoms with van der Waals surface area (Å²) < 4.78 is 16.5. The second kappa shape index (κ2) is 5.99. The molecule has 0 bridgehead atoms. The molecule has 1 aliphatic carbocycles. The molecular formula is C11H24O3Si. The Kier molecular flexibility index (Phi) is 5.25. The lowest BCUT2D eigenvalue weighted by atomic mass is 9.81. The molecule has 1 aliphatic rings. The normalized spacial score (nSPS) is 26.4. The molecular weight excluding hydrogens is 208 g/mol. The van der Waals surface area contributed by atoms with Gasteiger partial charge in [0.1, 0.15) is 0 Å². The van der Waals surface area contributed by atoms with Crippen molar-refractivity contribution in [1.29, 1.82) is 0 Å². The molecule has 4 heteroatoms. The summed E-state index contributed by atoms with van der Waals surface area (Å²) in [5, 5.41) is 0. The summed E-state index contributed by atoms with van der Waals surface area (Å²) in [5.41, 5.74) is 0.527. The van der Waals surface area contributed by atoms with E-state index in [9.17, 15) is 0 Å². The van der Waals surface area contributed by atoms with Gasteiger partial charge in [0, 0.05) is 26.9 Å². The number of hydrogen-bond donors (Lipinski definition) is 0. The zero-order valence-corrected chi connectivity index (χ0v) is 11.4. The van der Waals surface area contributed by atoms with Crippen molar-refractivity contribution in [3.05, 3.63) is 0 Å². The highest BCUT2D eigenvalue weighted by Crippen LogP contribution is 2.48. The molecule has 0 atom stereocenters. The predicted octanol–water partition coefficient (Wildman–Crippen LogP) is 2.83. The van der Waals surface area contributed by atoms with Crippen molar-refractivity contribution >= 4 is 8.80 Å². The maximum absolute atomic E-state index is 5.49. The number of hydrogen-bond acceptors (Lipinski definition) is 3. The summed E-state index contributed by atoms with van der Waals surface area (Å²) in [4.78, 5) is 0. The Morgan fingerprint density at radius 3 is 2.00 bits per heavy atom. The van der Waals surface area contributed by atoms with E-state index in [-0.39, 0.29) is 0 Å². The van der Waals surface area contributed by atoms with E-state index in [0.29, 0.717) is 5.54 Å². The van der Waals surface area contributed by atoms with Gasteiger partial charge in [0.05, 0.1) is 0 Å². The second-order valence-electron chi connectivity index (χ2n) is 4.39. The molecule has 0 unspecified atom stereocenters. The van der Waals surface area contributed by atoms with Crippen LogP contribution in [0.4, 0.5) is 0 Å². The summed E-state index contributed by atoms with van der Waals surface area (Å²) in [6.07, 6.45) is 6.44. The van der Waals surface area contributed by atoms with Crippen LogP contribution in [0.2, 0.25) is 5.54 Å². The van der Waals surface area contributed by atoms with E-state index in [1.807, 2.05) is 0 Å². The van der Waals surface area contributed by atoms with Crippen molar-refractivity contribution in [1.82, 2.24) is 0 Å². The van der Waals surface area contributed by atoms with Gasteiger partial charge >= 0.3 is 8.80 Å². The highest BCUT2D eigenvalue weighted by atomic mass is 28.4. The third-order valence-electron chi connectivity index (χ3n) is 3.56. The standard InChI is InChI=1S/C11H24O3Si/c1-5-6-7-10-8-11(9-10)15(12-2,13-3)14-4/h10-11H,5-9H2,1-4H3. The first-order valence-corrected chi connectivity index (χ1v) is 7.68. The van der Waals surface area contributed by atoms with Crippen LogP contribution in [0.3, 0.4) is 0 Å². The first-order chi connectivity index (χ1) is 7.22. The predicted molar refractivity (Wildman–Crippen MR) is 62.8 cm³/mol. The van der Waals surface area contributed by atoms with Gasteiger partial charge in [-0.05, 0) is 18.8 Å². The summed E-state index contributed by atoms with van der Waals surface area (Å²) in [7, 11) is 2.81. The van der Waals surface area contributed by atoms with E-state index >= 15 is 0 Å². The lowest BCUT2D eigenvalue weighted by molar-refractivity contribution is 0.0825. The van der Waals surface area contributed by atoms with Gasteiger partial charge < -0.3 is 13.3 Å². The van der Waals surface area contributed by atoms with Crippen LogP contribution in [0.25, 0.3) is 0 Å². The summed E-state index contributed by atoms with van der Waals surface area (Å²) in [5.74, 6) is 0.877. The van der Waals surface area contributed by atoms with Crippen LogP contribution in [0.15, 0.2) is 0 Å². The highest BCUT2D eigenvalue weighted by Gasteiger charge is 2.52. The Morgan fingerprint density at radius 1 is 1.07 bits per heavy atom. The van der Waals surface area contributed by atoms with Gasteiger partial charge in [-0.1, -0.05) is 26.2 Å². The third-order valence-corrected chi connectivity index (χ3v) is 6.73. The van der Waals surface area contributed by atoms with Crippen LogP contribution in [0.1, 0.15) is 39.0 Å². The molecule has 0 spiro atoms. The largest absolute Gasteiger partial charge is 0.503 e. The van der Waals surface area contributed by atoms with Crippen molar-refractivity contribution in [2.45, 2.75) is 44.6 Å². The van der Waals surface area contributed by atoms with Gasteiger partial charge in [0.25, 0.3) is 0 Å². The van der Waals surface area contributed by atoms with Crippen LogP contribution in [0, 0.1) is 5.92 Å². The van der Waals surface area contributed by atoms with Gasteiger partial charge in [0.2, 0.25) is 0 Å².